The number of nitrogens with one attached hydrogen (secondary N) is 1. The summed E-state index contributed by atoms with van der Waals surface area (Å²) < 4.78 is 4.65. The molecular formula is C15H23NO3. The van der Waals surface area contributed by atoms with E-state index in [2.05, 4.69) is 10.1 Å². The van der Waals surface area contributed by atoms with Gasteiger partial charge in [0.15, 0.2) is 0 Å². The predicted molar refractivity (Wildman–Crippen MR) is 75.0 cm³/mol. The van der Waals surface area contributed by atoms with Gasteiger partial charge in [-0.15, -0.1) is 0 Å². The molecule has 1 aromatic carbocycles. The summed E-state index contributed by atoms with van der Waals surface area (Å²) in [4.78, 5) is 11.3. The Labute approximate surface area is 114 Å². The van der Waals surface area contributed by atoms with Crippen molar-refractivity contribution < 1.29 is 14.6 Å². The molecule has 0 radical (unpaired) electrons. The van der Waals surface area contributed by atoms with Crippen LogP contribution in [0.2, 0.25) is 0 Å². The second-order valence-electron chi connectivity index (χ2n) is 4.80. The number of hydrogen-bond donors (Lipinski definition) is 2. The number of carbonyl (C=O) groups is 1. The van der Waals surface area contributed by atoms with Gasteiger partial charge >= 0.3 is 5.97 Å². The average molecular weight is 265 g/mol. The molecule has 1 atom stereocenters. The van der Waals surface area contributed by atoms with Crippen LogP contribution in [-0.4, -0.2) is 31.3 Å². The Bertz CT molecular complexity index is 375. The number of benzene rings is 1. The van der Waals surface area contributed by atoms with Crippen LogP contribution in [0.4, 0.5) is 0 Å². The highest BCUT2D eigenvalue weighted by Gasteiger charge is 2.04. The lowest BCUT2D eigenvalue weighted by Crippen LogP contribution is -2.16. The van der Waals surface area contributed by atoms with Gasteiger partial charge in [-0.1, -0.05) is 19.1 Å². The lowest BCUT2D eigenvalue weighted by atomic mass is 10.1. The van der Waals surface area contributed by atoms with Crippen molar-refractivity contribution >= 4 is 5.97 Å². The molecule has 0 heterocycles. The fourth-order valence-corrected chi connectivity index (χ4v) is 1.78. The normalized spacial score (nSPS) is 12.2. The Morgan fingerprint density at radius 3 is 2.63 bits per heavy atom. The quantitative estimate of drug-likeness (QED) is 0.557. The summed E-state index contributed by atoms with van der Waals surface area (Å²) in [5.41, 5.74) is 1.71. The Morgan fingerprint density at radius 2 is 2.05 bits per heavy atom. The van der Waals surface area contributed by atoms with E-state index in [4.69, 9.17) is 5.11 Å². The van der Waals surface area contributed by atoms with Gasteiger partial charge in [-0.05, 0) is 43.0 Å². The second-order valence-corrected chi connectivity index (χ2v) is 4.80. The van der Waals surface area contributed by atoms with E-state index in [1.54, 1.807) is 12.1 Å². The first-order valence-electron chi connectivity index (χ1n) is 6.66. The van der Waals surface area contributed by atoms with E-state index in [0.29, 0.717) is 11.5 Å². The van der Waals surface area contributed by atoms with E-state index in [-0.39, 0.29) is 12.6 Å². The number of aliphatic hydroxyl groups is 1. The molecule has 0 aliphatic heterocycles. The zero-order valence-electron chi connectivity index (χ0n) is 11.7. The Morgan fingerprint density at radius 1 is 1.37 bits per heavy atom. The van der Waals surface area contributed by atoms with Crippen LogP contribution in [-0.2, 0) is 11.3 Å². The van der Waals surface area contributed by atoms with E-state index in [1.807, 2.05) is 19.1 Å². The smallest absolute Gasteiger partial charge is 0.337 e. The third-order valence-electron chi connectivity index (χ3n) is 3.07. The molecule has 0 aliphatic carbocycles. The van der Waals surface area contributed by atoms with Crippen molar-refractivity contribution in [2.45, 2.75) is 26.3 Å². The highest BCUT2D eigenvalue weighted by molar-refractivity contribution is 5.89. The molecule has 0 amide bonds. The third-order valence-corrected chi connectivity index (χ3v) is 3.07. The van der Waals surface area contributed by atoms with E-state index < -0.39 is 0 Å². The summed E-state index contributed by atoms with van der Waals surface area (Å²) in [6.45, 7) is 4.03. The van der Waals surface area contributed by atoms with Gasteiger partial charge in [0, 0.05) is 13.2 Å². The number of rotatable bonds is 8. The number of aliphatic hydroxyl groups excluding tert-OH is 1. The molecule has 0 saturated heterocycles. The molecule has 4 nitrogen and oxygen atoms in total. The minimum atomic E-state index is -0.308. The molecule has 0 fully saturated rings. The van der Waals surface area contributed by atoms with Crippen molar-refractivity contribution in [1.29, 1.82) is 0 Å². The van der Waals surface area contributed by atoms with Gasteiger partial charge in [0.1, 0.15) is 0 Å². The van der Waals surface area contributed by atoms with E-state index in [9.17, 15) is 4.79 Å². The molecule has 0 bridgehead atoms. The number of ether oxygens (including phenoxy) is 1. The standard InChI is InChI=1S/C15H23NO3/c1-12(11-17)4-3-9-16-10-13-5-7-14(8-6-13)15(18)19-2/h5-8,12,16-17H,3-4,9-11H2,1-2H3. The summed E-state index contributed by atoms with van der Waals surface area (Å²) in [6, 6.07) is 7.40. The van der Waals surface area contributed by atoms with Crippen molar-refractivity contribution in [2.24, 2.45) is 5.92 Å². The minimum absolute atomic E-state index is 0.259. The van der Waals surface area contributed by atoms with Crippen molar-refractivity contribution in [3.05, 3.63) is 35.4 Å². The maximum absolute atomic E-state index is 11.3. The fraction of sp³-hybridized carbons (Fsp3) is 0.533. The SMILES string of the molecule is COC(=O)c1ccc(CNCCCC(C)CO)cc1. The van der Waals surface area contributed by atoms with Crippen LogP contribution in [0.15, 0.2) is 24.3 Å². The summed E-state index contributed by atoms with van der Waals surface area (Å²) in [5, 5.41) is 12.2. The van der Waals surface area contributed by atoms with E-state index in [1.165, 1.54) is 7.11 Å². The largest absolute Gasteiger partial charge is 0.465 e. The van der Waals surface area contributed by atoms with Gasteiger partial charge in [0.05, 0.1) is 12.7 Å². The van der Waals surface area contributed by atoms with Crippen molar-refractivity contribution in [2.75, 3.05) is 20.3 Å². The van der Waals surface area contributed by atoms with Crippen molar-refractivity contribution in [1.82, 2.24) is 5.32 Å². The summed E-state index contributed by atoms with van der Waals surface area (Å²) in [7, 11) is 1.38. The molecule has 0 spiro atoms. The average Bonchev–Trinajstić information content (AvgIpc) is 2.46. The van der Waals surface area contributed by atoms with Crippen molar-refractivity contribution in [3.63, 3.8) is 0 Å². The molecule has 0 saturated carbocycles. The fourth-order valence-electron chi connectivity index (χ4n) is 1.78. The molecule has 1 aromatic rings. The monoisotopic (exact) mass is 265 g/mol. The lowest BCUT2D eigenvalue weighted by molar-refractivity contribution is 0.0600. The highest BCUT2D eigenvalue weighted by atomic mass is 16.5. The van der Waals surface area contributed by atoms with Crippen LogP contribution in [0, 0.1) is 5.92 Å². The molecule has 0 aliphatic rings. The Kier molecular flexibility index (Phi) is 7.15. The van der Waals surface area contributed by atoms with E-state index >= 15 is 0 Å². The zero-order chi connectivity index (χ0) is 14.1. The highest BCUT2D eigenvalue weighted by Crippen LogP contribution is 2.06. The summed E-state index contributed by atoms with van der Waals surface area (Å²) in [5.74, 6) is 0.0682. The minimum Gasteiger partial charge on any atom is -0.465 e. The van der Waals surface area contributed by atoms with Gasteiger partial charge in [0.25, 0.3) is 0 Å². The molecule has 1 rings (SSSR count). The number of carbonyl (C=O) groups excluding carboxylic acids is 1. The first-order valence-corrected chi connectivity index (χ1v) is 6.66. The molecule has 0 aromatic heterocycles. The van der Waals surface area contributed by atoms with Crippen LogP contribution in [0.25, 0.3) is 0 Å². The van der Waals surface area contributed by atoms with E-state index in [0.717, 1.165) is 31.5 Å². The topological polar surface area (TPSA) is 58.6 Å². The molecule has 106 valence electrons. The third kappa shape index (κ3) is 5.85. The molecule has 4 heteroatoms. The van der Waals surface area contributed by atoms with Crippen LogP contribution in [0.5, 0.6) is 0 Å². The van der Waals surface area contributed by atoms with Gasteiger partial charge in [-0.3, -0.25) is 0 Å². The molecule has 1 unspecified atom stereocenters. The first-order chi connectivity index (χ1) is 9.17. The Hall–Kier alpha value is -1.39. The second kappa shape index (κ2) is 8.67. The van der Waals surface area contributed by atoms with Crippen LogP contribution in [0.3, 0.4) is 0 Å². The zero-order valence-corrected chi connectivity index (χ0v) is 11.7. The van der Waals surface area contributed by atoms with Gasteiger partial charge in [-0.25, -0.2) is 4.79 Å². The van der Waals surface area contributed by atoms with Gasteiger partial charge in [-0.2, -0.15) is 0 Å². The maximum Gasteiger partial charge on any atom is 0.337 e. The Balaban J connectivity index is 2.25. The van der Waals surface area contributed by atoms with Crippen LogP contribution in [0.1, 0.15) is 35.7 Å². The van der Waals surface area contributed by atoms with Crippen LogP contribution < -0.4 is 5.32 Å². The number of esters is 1. The molecule has 19 heavy (non-hydrogen) atoms. The molecular weight excluding hydrogens is 242 g/mol. The van der Waals surface area contributed by atoms with Crippen LogP contribution >= 0.6 is 0 Å². The molecule has 2 N–H and O–H groups in total. The number of hydrogen-bond acceptors (Lipinski definition) is 4. The summed E-state index contributed by atoms with van der Waals surface area (Å²) in [6.07, 6.45) is 2.09. The van der Waals surface area contributed by atoms with Gasteiger partial charge < -0.3 is 15.2 Å². The summed E-state index contributed by atoms with van der Waals surface area (Å²) >= 11 is 0. The first kappa shape index (κ1) is 15.7. The lowest BCUT2D eigenvalue weighted by Gasteiger charge is -2.08. The van der Waals surface area contributed by atoms with Crippen molar-refractivity contribution in [3.8, 4) is 0 Å². The maximum atomic E-state index is 11.3. The van der Waals surface area contributed by atoms with Gasteiger partial charge in [0.2, 0.25) is 0 Å². The number of methoxy groups -OCH3 is 1. The predicted octanol–water partition coefficient (Wildman–Crippen LogP) is 1.97.